The quantitative estimate of drug-likeness (QED) is 0.700. The fourth-order valence-electron chi connectivity index (χ4n) is 2.33. The van der Waals surface area contributed by atoms with Gasteiger partial charge in [-0.1, -0.05) is 42.5 Å². The first-order valence-corrected chi connectivity index (χ1v) is 7.03. The van der Waals surface area contributed by atoms with Crippen molar-refractivity contribution in [1.29, 1.82) is 0 Å². The molecule has 3 rings (SSSR count). The monoisotopic (exact) mass is 274 g/mol. The minimum absolute atomic E-state index is 1.00. The maximum absolute atomic E-state index is 4.47. The minimum Gasteiger partial charge on any atom is -0.378 e. The summed E-state index contributed by atoms with van der Waals surface area (Å²) < 4.78 is 0. The van der Waals surface area contributed by atoms with E-state index >= 15 is 0 Å². The maximum Gasteiger partial charge on any atom is 0.0708 e. The topological polar surface area (TPSA) is 16.1 Å². The third-order valence-electron chi connectivity index (χ3n) is 3.55. The first-order chi connectivity index (χ1) is 10.2. The highest BCUT2D eigenvalue weighted by atomic mass is 15.1. The predicted molar refractivity (Wildman–Crippen MR) is 91.4 cm³/mol. The molecule has 0 atom stereocenters. The van der Waals surface area contributed by atoms with Gasteiger partial charge in [0.15, 0.2) is 0 Å². The van der Waals surface area contributed by atoms with E-state index in [-0.39, 0.29) is 0 Å². The molecule has 2 nitrogen and oxygen atoms in total. The number of rotatable bonds is 3. The second kappa shape index (κ2) is 5.80. The molecule has 0 spiro atoms. The molecule has 0 N–H and O–H groups in total. The van der Waals surface area contributed by atoms with E-state index < -0.39 is 0 Å². The van der Waals surface area contributed by atoms with Crippen LogP contribution in [0.2, 0.25) is 0 Å². The summed E-state index contributed by atoms with van der Waals surface area (Å²) in [7, 11) is 4.09. The van der Waals surface area contributed by atoms with Crippen LogP contribution in [-0.2, 0) is 0 Å². The van der Waals surface area contributed by atoms with Gasteiger partial charge in [0.25, 0.3) is 0 Å². The number of aromatic nitrogens is 1. The molecular formula is C19H18N2. The van der Waals surface area contributed by atoms with Crippen LogP contribution >= 0.6 is 0 Å². The predicted octanol–water partition coefficient (Wildman–Crippen LogP) is 4.47. The van der Waals surface area contributed by atoms with Crippen molar-refractivity contribution in [2.45, 2.75) is 0 Å². The molecule has 0 aliphatic carbocycles. The van der Waals surface area contributed by atoms with Crippen molar-refractivity contribution in [2.24, 2.45) is 0 Å². The van der Waals surface area contributed by atoms with Gasteiger partial charge in [-0.25, -0.2) is 0 Å². The Morgan fingerprint density at radius 3 is 2.38 bits per heavy atom. The Bertz CT molecular complexity index is 766. The molecule has 21 heavy (non-hydrogen) atoms. The van der Waals surface area contributed by atoms with E-state index in [9.17, 15) is 0 Å². The molecule has 0 fully saturated rings. The Labute approximate surface area is 125 Å². The van der Waals surface area contributed by atoms with Crippen LogP contribution < -0.4 is 4.90 Å². The molecule has 0 radical (unpaired) electrons. The molecule has 0 bridgehead atoms. The van der Waals surface area contributed by atoms with Crippen LogP contribution in [0.5, 0.6) is 0 Å². The Balaban J connectivity index is 1.91. The van der Waals surface area contributed by atoms with Gasteiger partial charge < -0.3 is 4.90 Å². The van der Waals surface area contributed by atoms with Crippen molar-refractivity contribution < 1.29 is 0 Å². The highest BCUT2D eigenvalue weighted by Gasteiger charge is 1.98. The standard InChI is InChI=1S/C19H18N2/c1-21(2)17-10-7-15(8-11-17)9-12-19-18-6-4-3-5-16(18)13-14-20-19/h3-14H,1-2H3/b12-9+. The third kappa shape index (κ3) is 2.95. The summed E-state index contributed by atoms with van der Waals surface area (Å²) in [6.07, 6.45) is 6.04. The summed E-state index contributed by atoms with van der Waals surface area (Å²) in [5.41, 5.74) is 3.38. The zero-order valence-electron chi connectivity index (χ0n) is 12.3. The molecule has 104 valence electrons. The van der Waals surface area contributed by atoms with Gasteiger partial charge in [0, 0.05) is 31.4 Å². The number of pyridine rings is 1. The fourth-order valence-corrected chi connectivity index (χ4v) is 2.33. The molecule has 0 saturated heterocycles. The summed E-state index contributed by atoms with van der Waals surface area (Å²) in [6, 6.07) is 18.8. The first-order valence-electron chi connectivity index (χ1n) is 7.03. The third-order valence-corrected chi connectivity index (χ3v) is 3.55. The Morgan fingerprint density at radius 1 is 0.857 bits per heavy atom. The lowest BCUT2D eigenvalue weighted by Crippen LogP contribution is -2.07. The van der Waals surface area contributed by atoms with Gasteiger partial charge >= 0.3 is 0 Å². The summed E-state index contributed by atoms with van der Waals surface area (Å²) >= 11 is 0. The smallest absolute Gasteiger partial charge is 0.0708 e. The highest BCUT2D eigenvalue weighted by Crippen LogP contribution is 2.19. The van der Waals surface area contributed by atoms with Crippen LogP contribution in [0.1, 0.15) is 11.3 Å². The van der Waals surface area contributed by atoms with E-state index in [2.05, 4.69) is 64.5 Å². The molecule has 0 aliphatic heterocycles. The molecule has 0 aliphatic rings. The highest BCUT2D eigenvalue weighted by molar-refractivity contribution is 5.91. The van der Waals surface area contributed by atoms with E-state index in [1.807, 2.05) is 32.4 Å². The lowest BCUT2D eigenvalue weighted by molar-refractivity contribution is 1.13. The largest absolute Gasteiger partial charge is 0.378 e. The lowest BCUT2D eigenvalue weighted by Gasteiger charge is -2.11. The van der Waals surface area contributed by atoms with Gasteiger partial charge in [-0.3, -0.25) is 4.98 Å². The Kier molecular flexibility index (Phi) is 3.69. The van der Waals surface area contributed by atoms with Gasteiger partial charge in [0.05, 0.1) is 5.69 Å². The number of hydrogen-bond acceptors (Lipinski definition) is 2. The molecule has 0 amide bonds. The second-order valence-electron chi connectivity index (χ2n) is 5.24. The summed E-state index contributed by atoms with van der Waals surface area (Å²) in [5, 5.41) is 2.40. The SMILES string of the molecule is CN(C)c1ccc(/C=C/c2nccc3ccccc23)cc1. The van der Waals surface area contributed by atoms with Gasteiger partial charge in [-0.2, -0.15) is 0 Å². The van der Waals surface area contributed by atoms with E-state index in [0.29, 0.717) is 0 Å². The van der Waals surface area contributed by atoms with Gasteiger partial charge in [0.2, 0.25) is 0 Å². The van der Waals surface area contributed by atoms with Crippen molar-refractivity contribution in [3.05, 3.63) is 72.1 Å². The van der Waals surface area contributed by atoms with Crippen LogP contribution in [0.15, 0.2) is 60.8 Å². The van der Waals surface area contributed by atoms with Crippen molar-refractivity contribution in [2.75, 3.05) is 19.0 Å². The number of anilines is 1. The average molecular weight is 274 g/mol. The summed E-state index contributed by atoms with van der Waals surface area (Å²) in [5.74, 6) is 0. The van der Waals surface area contributed by atoms with Gasteiger partial charge in [-0.05, 0) is 35.2 Å². The fraction of sp³-hybridized carbons (Fsp3) is 0.105. The van der Waals surface area contributed by atoms with Crippen molar-refractivity contribution >= 4 is 28.6 Å². The normalized spacial score (nSPS) is 11.1. The summed E-state index contributed by atoms with van der Waals surface area (Å²) in [6.45, 7) is 0. The van der Waals surface area contributed by atoms with Crippen molar-refractivity contribution in [3.8, 4) is 0 Å². The molecule has 1 aromatic heterocycles. The van der Waals surface area contributed by atoms with E-state index in [4.69, 9.17) is 0 Å². The Morgan fingerprint density at radius 2 is 1.62 bits per heavy atom. The number of nitrogens with zero attached hydrogens (tertiary/aromatic N) is 2. The lowest BCUT2D eigenvalue weighted by atomic mass is 10.1. The van der Waals surface area contributed by atoms with Crippen LogP contribution in [0.4, 0.5) is 5.69 Å². The average Bonchev–Trinajstić information content (AvgIpc) is 2.53. The molecule has 0 unspecified atom stereocenters. The van der Waals surface area contributed by atoms with E-state index in [1.165, 1.54) is 22.0 Å². The molecule has 2 heteroatoms. The molecule has 3 aromatic rings. The molecule has 2 aromatic carbocycles. The van der Waals surface area contributed by atoms with Crippen LogP contribution in [0, 0.1) is 0 Å². The minimum atomic E-state index is 1.00. The maximum atomic E-state index is 4.47. The van der Waals surface area contributed by atoms with Crippen molar-refractivity contribution in [3.63, 3.8) is 0 Å². The number of benzene rings is 2. The molecular weight excluding hydrogens is 256 g/mol. The zero-order chi connectivity index (χ0) is 14.7. The second-order valence-corrected chi connectivity index (χ2v) is 5.24. The summed E-state index contributed by atoms with van der Waals surface area (Å²) in [4.78, 5) is 6.57. The number of hydrogen-bond donors (Lipinski definition) is 0. The van der Waals surface area contributed by atoms with E-state index in [1.54, 1.807) is 0 Å². The van der Waals surface area contributed by atoms with Crippen LogP contribution in [0.25, 0.3) is 22.9 Å². The zero-order valence-corrected chi connectivity index (χ0v) is 12.3. The van der Waals surface area contributed by atoms with Crippen LogP contribution in [-0.4, -0.2) is 19.1 Å². The van der Waals surface area contributed by atoms with Crippen molar-refractivity contribution in [1.82, 2.24) is 4.98 Å². The van der Waals surface area contributed by atoms with Gasteiger partial charge in [0.1, 0.15) is 0 Å². The van der Waals surface area contributed by atoms with Crippen LogP contribution in [0.3, 0.4) is 0 Å². The number of fused-ring (bicyclic) bond motifs is 1. The molecule has 0 saturated carbocycles. The molecule has 1 heterocycles. The Hall–Kier alpha value is -2.61. The van der Waals surface area contributed by atoms with Gasteiger partial charge in [-0.15, -0.1) is 0 Å². The van der Waals surface area contributed by atoms with E-state index in [0.717, 1.165) is 5.69 Å². The first kappa shape index (κ1) is 13.4.